The second kappa shape index (κ2) is 8.40. The number of morpholine rings is 1. The van der Waals surface area contributed by atoms with E-state index in [9.17, 15) is 4.79 Å². The molecule has 6 heteroatoms. The molecule has 0 saturated carbocycles. The van der Waals surface area contributed by atoms with Gasteiger partial charge >= 0.3 is 0 Å². The third-order valence-electron chi connectivity index (χ3n) is 6.01. The Morgan fingerprint density at radius 2 is 2.00 bits per heavy atom. The van der Waals surface area contributed by atoms with Crippen molar-refractivity contribution in [1.82, 2.24) is 19.4 Å². The van der Waals surface area contributed by atoms with Crippen LogP contribution in [0, 0.1) is 5.92 Å². The summed E-state index contributed by atoms with van der Waals surface area (Å²) in [4.78, 5) is 21.7. The number of piperidine rings is 1. The third-order valence-corrected chi connectivity index (χ3v) is 6.01. The summed E-state index contributed by atoms with van der Waals surface area (Å²) in [7, 11) is 0. The second-order valence-electron chi connectivity index (χ2n) is 7.62. The van der Waals surface area contributed by atoms with Crippen LogP contribution in [0.2, 0.25) is 0 Å². The highest BCUT2D eigenvalue weighted by molar-refractivity contribution is 5.80. The fraction of sp³-hybridized carbons (Fsp3) is 0.619. The summed E-state index contributed by atoms with van der Waals surface area (Å²) in [6.07, 6.45) is 7.13. The number of amides is 1. The first-order valence-electron chi connectivity index (χ1n) is 10.3. The van der Waals surface area contributed by atoms with Gasteiger partial charge in [0.15, 0.2) is 0 Å². The zero-order chi connectivity index (χ0) is 18.6. The van der Waals surface area contributed by atoms with E-state index in [1.807, 2.05) is 17.2 Å². The van der Waals surface area contributed by atoms with Crippen molar-refractivity contribution in [1.29, 1.82) is 0 Å². The molecule has 2 aliphatic rings. The lowest BCUT2D eigenvalue weighted by Crippen LogP contribution is -2.47. The molecule has 0 aromatic carbocycles. The maximum absolute atomic E-state index is 12.7. The molecule has 2 aromatic rings. The van der Waals surface area contributed by atoms with E-state index in [0.29, 0.717) is 19.1 Å². The van der Waals surface area contributed by atoms with Crippen molar-refractivity contribution in [2.75, 3.05) is 45.9 Å². The number of hydrogen-bond donors (Lipinski definition) is 0. The van der Waals surface area contributed by atoms with Crippen LogP contribution < -0.4 is 0 Å². The van der Waals surface area contributed by atoms with Crippen molar-refractivity contribution in [3.63, 3.8) is 0 Å². The van der Waals surface area contributed by atoms with E-state index < -0.39 is 0 Å². The van der Waals surface area contributed by atoms with Crippen LogP contribution in [-0.2, 0) is 22.5 Å². The number of rotatable bonds is 5. The zero-order valence-electron chi connectivity index (χ0n) is 16.3. The number of aryl methyl sites for hydroxylation is 1. The molecule has 0 N–H and O–H groups in total. The van der Waals surface area contributed by atoms with Crippen LogP contribution in [0.3, 0.4) is 0 Å². The van der Waals surface area contributed by atoms with Gasteiger partial charge in [-0.25, -0.2) is 4.98 Å². The quantitative estimate of drug-likeness (QED) is 0.809. The van der Waals surface area contributed by atoms with Crippen LogP contribution >= 0.6 is 0 Å². The lowest BCUT2D eigenvalue weighted by Gasteiger charge is -2.35. The Morgan fingerprint density at radius 1 is 1.22 bits per heavy atom. The van der Waals surface area contributed by atoms with E-state index in [4.69, 9.17) is 4.74 Å². The average Bonchev–Trinajstić information content (AvgIpc) is 3.11. The summed E-state index contributed by atoms with van der Waals surface area (Å²) in [5, 5.41) is 1.27. The van der Waals surface area contributed by atoms with Gasteiger partial charge in [0, 0.05) is 49.9 Å². The van der Waals surface area contributed by atoms with E-state index in [0.717, 1.165) is 64.2 Å². The largest absolute Gasteiger partial charge is 0.378 e. The number of ether oxygens (including phenoxy) is 1. The molecule has 6 nitrogen and oxygen atoms in total. The zero-order valence-corrected chi connectivity index (χ0v) is 16.3. The molecule has 146 valence electrons. The van der Waals surface area contributed by atoms with Crippen LogP contribution in [0.4, 0.5) is 0 Å². The Morgan fingerprint density at radius 3 is 2.74 bits per heavy atom. The Balaban J connectivity index is 1.30. The van der Waals surface area contributed by atoms with Crippen molar-refractivity contribution >= 4 is 16.9 Å². The Kier molecular flexibility index (Phi) is 5.74. The Labute approximate surface area is 161 Å². The minimum Gasteiger partial charge on any atom is -0.378 e. The van der Waals surface area contributed by atoms with Gasteiger partial charge in [0.05, 0.1) is 13.2 Å². The van der Waals surface area contributed by atoms with E-state index in [1.54, 1.807) is 0 Å². The smallest absolute Gasteiger partial charge is 0.225 e. The standard InChI is InChI=1S/C21H30N4O2/c1-2-24-16-18(19-4-3-8-22-20(19)24)7-11-23-9-5-17(6-10-23)21(26)25-12-14-27-15-13-25/h3-4,8,16-17H,2,5-7,9-15H2,1H3. The van der Waals surface area contributed by atoms with Crippen molar-refractivity contribution in [3.05, 3.63) is 30.1 Å². The normalized spacial score (nSPS) is 19.7. The highest BCUT2D eigenvalue weighted by Gasteiger charge is 2.29. The molecule has 0 bridgehead atoms. The lowest BCUT2D eigenvalue weighted by atomic mass is 9.95. The van der Waals surface area contributed by atoms with Gasteiger partial charge in [-0.1, -0.05) is 0 Å². The number of hydrogen-bond acceptors (Lipinski definition) is 4. The SMILES string of the molecule is CCn1cc(CCN2CCC(C(=O)N3CCOCC3)CC2)c2cccnc21. The van der Waals surface area contributed by atoms with E-state index >= 15 is 0 Å². The van der Waals surface area contributed by atoms with E-state index in [2.05, 4.69) is 33.6 Å². The molecule has 0 radical (unpaired) electrons. The van der Waals surface area contributed by atoms with Gasteiger partial charge in [0.1, 0.15) is 5.65 Å². The summed E-state index contributed by atoms with van der Waals surface area (Å²) in [6.45, 7) is 9.09. The van der Waals surface area contributed by atoms with Crippen molar-refractivity contribution in [2.45, 2.75) is 32.7 Å². The molecule has 4 heterocycles. The minimum absolute atomic E-state index is 0.200. The van der Waals surface area contributed by atoms with Crippen molar-refractivity contribution in [2.24, 2.45) is 5.92 Å². The lowest BCUT2D eigenvalue weighted by molar-refractivity contribution is -0.141. The molecule has 4 rings (SSSR count). The molecule has 2 aromatic heterocycles. The van der Waals surface area contributed by atoms with Crippen LogP contribution in [0.25, 0.3) is 11.0 Å². The third kappa shape index (κ3) is 4.01. The van der Waals surface area contributed by atoms with Crippen LogP contribution in [0.15, 0.2) is 24.5 Å². The van der Waals surface area contributed by atoms with Gasteiger partial charge in [-0.15, -0.1) is 0 Å². The van der Waals surface area contributed by atoms with Crippen molar-refractivity contribution in [3.8, 4) is 0 Å². The number of carbonyl (C=O) groups excluding carboxylic acids is 1. The molecular weight excluding hydrogens is 340 g/mol. The topological polar surface area (TPSA) is 50.6 Å². The van der Waals surface area contributed by atoms with Crippen molar-refractivity contribution < 1.29 is 9.53 Å². The number of fused-ring (bicyclic) bond motifs is 1. The van der Waals surface area contributed by atoms with Crippen LogP contribution in [0.5, 0.6) is 0 Å². The van der Waals surface area contributed by atoms with Gasteiger partial charge in [-0.3, -0.25) is 4.79 Å². The maximum Gasteiger partial charge on any atom is 0.225 e. The molecule has 2 aliphatic heterocycles. The first kappa shape index (κ1) is 18.4. The Bertz CT molecular complexity index is 774. The highest BCUT2D eigenvalue weighted by atomic mass is 16.5. The molecule has 0 unspecified atom stereocenters. The predicted molar refractivity (Wildman–Crippen MR) is 106 cm³/mol. The second-order valence-corrected chi connectivity index (χ2v) is 7.62. The van der Waals surface area contributed by atoms with E-state index in [-0.39, 0.29) is 5.92 Å². The van der Waals surface area contributed by atoms with Crippen LogP contribution in [0.1, 0.15) is 25.3 Å². The molecule has 27 heavy (non-hydrogen) atoms. The molecule has 1 amide bonds. The van der Waals surface area contributed by atoms with Gasteiger partial charge in [0.25, 0.3) is 0 Å². The summed E-state index contributed by atoms with van der Waals surface area (Å²) >= 11 is 0. The maximum atomic E-state index is 12.7. The summed E-state index contributed by atoms with van der Waals surface area (Å²) < 4.78 is 7.59. The molecule has 0 atom stereocenters. The molecule has 0 spiro atoms. The molecular formula is C21H30N4O2. The van der Waals surface area contributed by atoms with Gasteiger partial charge < -0.3 is 19.1 Å². The number of pyridine rings is 1. The fourth-order valence-electron chi connectivity index (χ4n) is 4.36. The molecule has 0 aliphatic carbocycles. The fourth-order valence-corrected chi connectivity index (χ4v) is 4.36. The molecule has 2 saturated heterocycles. The first-order chi connectivity index (χ1) is 13.3. The summed E-state index contributed by atoms with van der Waals surface area (Å²) in [5.74, 6) is 0.542. The summed E-state index contributed by atoms with van der Waals surface area (Å²) in [6, 6.07) is 4.20. The number of nitrogens with zero attached hydrogens (tertiary/aromatic N) is 4. The van der Waals surface area contributed by atoms with Gasteiger partial charge in [-0.2, -0.15) is 0 Å². The summed E-state index contributed by atoms with van der Waals surface area (Å²) in [5.41, 5.74) is 2.47. The Hall–Kier alpha value is -1.92. The highest BCUT2D eigenvalue weighted by Crippen LogP contribution is 2.23. The molecule has 2 fully saturated rings. The minimum atomic E-state index is 0.200. The number of aromatic nitrogens is 2. The first-order valence-corrected chi connectivity index (χ1v) is 10.3. The number of carbonyl (C=O) groups is 1. The van der Waals surface area contributed by atoms with Gasteiger partial charge in [-0.05, 0) is 57.0 Å². The average molecular weight is 370 g/mol. The predicted octanol–water partition coefficient (Wildman–Crippen LogP) is 2.17. The van der Waals surface area contributed by atoms with E-state index in [1.165, 1.54) is 10.9 Å². The number of likely N-dealkylation sites (tertiary alicyclic amines) is 1. The monoisotopic (exact) mass is 370 g/mol. The van der Waals surface area contributed by atoms with Crippen LogP contribution in [-0.4, -0.2) is 71.2 Å². The van der Waals surface area contributed by atoms with Gasteiger partial charge in [0.2, 0.25) is 5.91 Å².